The van der Waals surface area contributed by atoms with Gasteiger partial charge in [-0.05, 0) is 24.3 Å². The topological polar surface area (TPSA) is 21.6 Å². The molecule has 0 N–H and O–H groups in total. The first-order valence-corrected chi connectivity index (χ1v) is 4.69. The number of ether oxygens (including phenoxy) is 1. The van der Waals surface area contributed by atoms with Gasteiger partial charge in [-0.2, -0.15) is 0 Å². The van der Waals surface area contributed by atoms with E-state index in [1.165, 1.54) is 12.1 Å². The minimum atomic E-state index is -0.237. The van der Waals surface area contributed by atoms with Crippen molar-refractivity contribution in [3.05, 3.63) is 35.6 Å². The van der Waals surface area contributed by atoms with Crippen LogP contribution in [-0.4, -0.2) is 19.0 Å². The van der Waals surface area contributed by atoms with Crippen molar-refractivity contribution in [2.45, 2.75) is 6.92 Å². The van der Waals surface area contributed by atoms with E-state index in [-0.39, 0.29) is 5.82 Å². The van der Waals surface area contributed by atoms with Crippen LogP contribution >= 0.6 is 0 Å². The highest BCUT2D eigenvalue weighted by Gasteiger charge is 2.13. The first-order chi connectivity index (χ1) is 6.75. The second kappa shape index (κ2) is 3.78. The van der Waals surface area contributed by atoms with Crippen molar-refractivity contribution in [2.24, 2.45) is 10.9 Å². The summed E-state index contributed by atoms with van der Waals surface area (Å²) in [6.45, 7) is 3.56. The maximum Gasteiger partial charge on any atom is 0.216 e. The summed E-state index contributed by atoms with van der Waals surface area (Å²) in [6, 6.07) is 6.20. The molecule has 1 aliphatic heterocycles. The quantitative estimate of drug-likeness (QED) is 0.670. The molecular weight excluding hydrogens is 181 g/mol. The molecule has 1 aromatic rings. The van der Waals surface area contributed by atoms with Crippen LogP contribution < -0.4 is 0 Å². The summed E-state index contributed by atoms with van der Waals surface area (Å²) in [5.74, 6) is 0.862. The molecule has 0 aromatic heterocycles. The molecule has 74 valence electrons. The smallest absolute Gasteiger partial charge is 0.216 e. The van der Waals surface area contributed by atoms with Gasteiger partial charge >= 0.3 is 0 Å². The van der Waals surface area contributed by atoms with E-state index < -0.39 is 0 Å². The first-order valence-electron chi connectivity index (χ1n) is 4.69. The molecule has 0 saturated heterocycles. The van der Waals surface area contributed by atoms with Crippen LogP contribution in [-0.2, 0) is 4.74 Å². The second-order valence-corrected chi connectivity index (χ2v) is 3.57. The molecule has 1 aromatic carbocycles. The Bertz CT molecular complexity index is 345. The van der Waals surface area contributed by atoms with E-state index in [0.717, 1.165) is 12.1 Å². The Labute approximate surface area is 82.4 Å². The lowest BCUT2D eigenvalue weighted by molar-refractivity contribution is 0.232. The van der Waals surface area contributed by atoms with Crippen LogP contribution in [0.1, 0.15) is 12.5 Å². The number of hydrogen-bond donors (Lipinski definition) is 0. The first kappa shape index (κ1) is 9.19. The third-order valence-corrected chi connectivity index (χ3v) is 2.14. The molecule has 1 heterocycles. The van der Waals surface area contributed by atoms with E-state index in [1.54, 1.807) is 12.1 Å². The van der Waals surface area contributed by atoms with Crippen LogP contribution in [0.5, 0.6) is 0 Å². The summed E-state index contributed by atoms with van der Waals surface area (Å²) in [5, 5.41) is 0. The summed E-state index contributed by atoms with van der Waals surface area (Å²) in [7, 11) is 0. The number of halogens is 1. The summed E-state index contributed by atoms with van der Waals surface area (Å²) < 4.78 is 18.1. The fraction of sp³-hybridized carbons (Fsp3) is 0.364. The van der Waals surface area contributed by atoms with Gasteiger partial charge in [-0.25, -0.2) is 4.39 Å². The van der Waals surface area contributed by atoms with Crippen molar-refractivity contribution < 1.29 is 9.13 Å². The second-order valence-electron chi connectivity index (χ2n) is 3.57. The van der Waals surface area contributed by atoms with Crippen molar-refractivity contribution in [2.75, 3.05) is 13.2 Å². The van der Waals surface area contributed by atoms with Gasteiger partial charge < -0.3 is 4.74 Å². The average Bonchev–Trinajstić information content (AvgIpc) is 2.21. The number of rotatable bonds is 1. The molecule has 0 radical (unpaired) electrons. The Morgan fingerprint density at radius 2 is 2.07 bits per heavy atom. The highest BCUT2D eigenvalue weighted by Crippen LogP contribution is 2.11. The standard InChI is InChI=1S/C11H12FNO/c1-8-6-13-11(14-7-8)9-2-4-10(12)5-3-9/h2-5,8H,6-7H2,1H3. The predicted molar refractivity (Wildman–Crippen MR) is 52.9 cm³/mol. The van der Waals surface area contributed by atoms with E-state index >= 15 is 0 Å². The maximum absolute atomic E-state index is 12.6. The van der Waals surface area contributed by atoms with Gasteiger partial charge in [0.25, 0.3) is 0 Å². The van der Waals surface area contributed by atoms with Gasteiger partial charge in [-0.1, -0.05) is 6.92 Å². The monoisotopic (exact) mass is 193 g/mol. The van der Waals surface area contributed by atoms with E-state index in [0.29, 0.717) is 18.4 Å². The minimum Gasteiger partial charge on any atom is -0.477 e. The molecule has 0 spiro atoms. The van der Waals surface area contributed by atoms with Crippen molar-refractivity contribution >= 4 is 5.90 Å². The molecule has 0 saturated carbocycles. The summed E-state index contributed by atoms with van der Waals surface area (Å²) >= 11 is 0. The number of benzene rings is 1. The lowest BCUT2D eigenvalue weighted by atomic mass is 10.1. The van der Waals surface area contributed by atoms with Crippen LogP contribution in [0.25, 0.3) is 0 Å². The lowest BCUT2D eigenvalue weighted by Crippen LogP contribution is -2.21. The Balaban J connectivity index is 2.19. The average molecular weight is 193 g/mol. The van der Waals surface area contributed by atoms with Gasteiger partial charge in [0.1, 0.15) is 5.82 Å². The molecule has 0 bridgehead atoms. The van der Waals surface area contributed by atoms with Crippen LogP contribution in [0.15, 0.2) is 29.3 Å². The minimum absolute atomic E-state index is 0.237. The maximum atomic E-state index is 12.6. The number of hydrogen-bond acceptors (Lipinski definition) is 2. The van der Waals surface area contributed by atoms with E-state index in [1.807, 2.05) is 0 Å². The molecule has 1 unspecified atom stereocenters. The molecule has 0 aliphatic carbocycles. The summed E-state index contributed by atoms with van der Waals surface area (Å²) in [5.41, 5.74) is 0.846. The third kappa shape index (κ3) is 1.92. The number of aliphatic imine (C=N–C) groups is 1. The van der Waals surface area contributed by atoms with Gasteiger partial charge in [-0.15, -0.1) is 0 Å². The molecule has 1 atom stereocenters. The molecule has 0 fully saturated rings. The van der Waals surface area contributed by atoms with Gasteiger partial charge in [-0.3, -0.25) is 4.99 Å². The Morgan fingerprint density at radius 1 is 1.36 bits per heavy atom. The Hall–Kier alpha value is -1.38. The molecule has 1 aliphatic rings. The molecule has 2 nitrogen and oxygen atoms in total. The highest BCUT2D eigenvalue weighted by molar-refractivity contribution is 5.94. The van der Waals surface area contributed by atoms with Gasteiger partial charge in [0.05, 0.1) is 6.61 Å². The van der Waals surface area contributed by atoms with Crippen molar-refractivity contribution in [1.29, 1.82) is 0 Å². The van der Waals surface area contributed by atoms with E-state index in [2.05, 4.69) is 11.9 Å². The van der Waals surface area contributed by atoms with Crippen molar-refractivity contribution in [3.8, 4) is 0 Å². The fourth-order valence-corrected chi connectivity index (χ4v) is 1.33. The molecule has 14 heavy (non-hydrogen) atoms. The molecule has 0 amide bonds. The summed E-state index contributed by atoms with van der Waals surface area (Å²) in [6.07, 6.45) is 0. The molecule has 3 heteroatoms. The van der Waals surface area contributed by atoms with Crippen LogP contribution in [0, 0.1) is 11.7 Å². The van der Waals surface area contributed by atoms with Gasteiger partial charge in [0.2, 0.25) is 5.90 Å². The van der Waals surface area contributed by atoms with Gasteiger partial charge in [0, 0.05) is 18.0 Å². The zero-order valence-corrected chi connectivity index (χ0v) is 8.03. The van der Waals surface area contributed by atoms with E-state index in [4.69, 9.17) is 4.74 Å². The van der Waals surface area contributed by atoms with Crippen LogP contribution in [0.2, 0.25) is 0 Å². The Morgan fingerprint density at radius 3 is 2.64 bits per heavy atom. The zero-order chi connectivity index (χ0) is 9.97. The SMILES string of the molecule is CC1CN=C(c2ccc(F)cc2)OC1. The zero-order valence-electron chi connectivity index (χ0n) is 8.03. The molecule has 2 rings (SSSR count). The Kier molecular flexibility index (Phi) is 2.48. The largest absolute Gasteiger partial charge is 0.477 e. The van der Waals surface area contributed by atoms with E-state index in [9.17, 15) is 4.39 Å². The van der Waals surface area contributed by atoms with Gasteiger partial charge in [0.15, 0.2) is 0 Å². The van der Waals surface area contributed by atoms with Crippen LogP contribution in [0.4, 0.5) is 4.39 Å². The predicted octanol–water partition coefficient (Wildman–Crippen LogP) is 2.24. The molecular formula is C11H12FNO. The fourth-order valence-electron chi connectivity index (χ4n) is 1.33. The van der Waals surface area contributed by atoms with Crippen molar-refractivity contribution in [1.82, 2.24) is 0 Å². The third-order valence-electron chi connectivity index (χ3n) is 2.14. The number of nitrogens with zero attached hydrogens (tertiary/aromatic N) is 1. The normalized spacial score (nSPS) is 21.3. The summed E-state index contributed by atoms with van der Waals surface area (Å²) in [4.78, 5) is 4.28. The highest BCUT2D eigenvalue weighted by atomic mass is 19.1. The van der Waals surface area contributed by atoms with Crippen LogP contribution in [0.3, 0.4) is 0 Å². The lowest BCUT2D eigenvalue weighted by Gasteiger charge is -2.18. The van der Waals surface area contributed by atoms with Crippen molar-refractivity contribution in [3.63, 3.8) is 0 Å².